The largest absolute Gasteiger partial charge is 0.393 e. The number of likely N-dealkylation sites (tertiary alicyclic amines) is 1. The number of aliphatic hydroxyl groups is 1. The third kappa shape index (κ3) is 2.79. The Kier molecular flexibility index (Phi) is 4.00. The number of carbonyl (C=O) groups excluding carboxylic acids is 1. The fourth-order valence-electron chi connectivity index (χ4n) is 4.03. The molecule has 24 heavy (non-hydrogen) atoms. The summed E-state index contributed by atoms with van der Waals surface area (Å²) >= 11 is 0. The van der Waals surface area contributed by atoms with Crippen molar-refractivity contribution in [2.75, 3.05) is 6.54 Å². The molecule has 0 spiro atoms. The molecule has 5 nitrogen and oxygen atoms in total. The fourth-order valence-corrected chi connectivity index (χ4v) is 4.03. The molecule has 2 aliphatic rings. The molecule has 0 bridgehead atoms. The van der Waals surface area contributed by atoms with Crippen molar-refractivity contribution >= 4 is 16.9 Å². The van der Waals surface area contributed by atoms with Crippen molar-refractivity contribution in [3.05, 3.63) is 29.8 Å². The lowest BCUT2D eigenvalue weighted by Crippen LogP contribution is -2.38. The molecule has 1 amide bonds. The van der Waals surface area contributed by atoms with Crippen molar-refractivity contribution in [3.8, 4) is 0 Å². The van der Waals surface area contributed by atoms with Gasteiger partial charge in [-0.05, 0) is 56.7 Å². The molecular formula is C18H22FN3O2. The van der Waals surface area contributed by atoms with Crippen molar-refractivity contribution in [3.63, 3.8) is 0 Å². The van der Waals surface area contributed by atoms with Crippen LogP contribution in [0, 0.1) is 11.7 Å². The molecule has 6 heteroatoms. The minimum absolute atomic E-state index is 0.0100. The maximum atomic E-state index is 13.4. The minimum atomic E-state index is -0.294. The molecular weight excluding hydrogens is 309 g/mol. The Morgan fingerprint density at radius 1 is 1.25 bits per heavy atom. The van der Waals surface area contributed by atoms with Gasteiger partial charge in [-0.1, -0.05) is 0 Å². The van der Waals surface area contributed by atoms with Gasteiger partial charge in [-0.2, -0.15) is 0 Å². The highest BCUT2D eigenvalue weighted by Gasteiger charge is 2.36. The topological polar surface area (TPSA) is 69.2 Å². The number of halogens is 1. The van der Waals surface area contributed by atoms with Crippen molar-refractivity contribution in [2.24, 2.45) is 5.92 Å². The number of hydrogen-bond acceptors (Lipinski definition) is 3. The van der Waals surface area contributed by atoms with Crippen LogP contribution in [-0.2, 0) is 4.79 Å². The zero-order chi connectivity index (χ0) is 16.7. The Labute approximate surface area is 139 Å². The Hall–Kier alpha value is -1.95. The number of benzene rings is 1. The lowest BCUT2D eigenvalue weighted by Gasteiger charge is -2.31. The highest BCUT2D eigenvalue weighted by Crippen LogP contribution is 2.35. The van der Waals surface area contributed by atoms with Crippen LogP contribution >= 0.6 is 0 Å². The van der Waals surface area contributed by atoms with E-state index in [2.05, 4.69) is 9.97 Å². The van der Waals surface area contributed by atoms with Gasteiger partial charge >= 0.3 is 0 Å². The molecule has 1 aliphatic carbocycles. The van der Waals surface area contributed by atoms with Crippen LogP contribution in [0.15, 0.2) is 18.2 Å². The first-order valence-corrected chi connectivity index (χ1v) is 8.75. The lowest BCUT2D eigenvalue weighted by molar-refractivity contribution is -0.138. The fraction of sp³-hybridized carbons (Fsp3) is 0.556. The Morgan fingerprint density at radius 2 is 2.04 bits per heavy atom. The molecule has 1 aromatic heterocycles. The highest BCUT2D eigenvalue weighted by molar-refractivity contribution is 5.80. The molecule has 1 saturated carbocycles. The lowest BCUT2D eigenvalue weighted by atomic mass is 9.86. The van der Waals surface area contributed by atoms with E-state index in [1.807, 2.05) is 4.90 Å². The van der Waals surface area contributed by atoms with E-state index in [0.29, 0.717) is 18.4 Å². The highest BCUT2D eigenvalue weighted by atomic mass is 19.1. The number of hydrogen-bond donors (Lipinski definition) is 2. The van der Waals surface area contributed by atoms with Gasteiger partial charge in [0.2, 0.25) is 5.91 Å². The van der Waals surface area contributed by atoms with Crippen LogP contribution < -0.4 is 0 Å². The van der Waals surface area contributed by atoms with E-state index in [1.165, 1.54) is 12.1 Å². The number of H-pyrrole nitrogens is 1. The van der Waals surface area contributed by atoms with Gasteiger partial charge in [0.15, 0.2) is 0 Å². The smallest absolute Gasteiger partial charge is 0.226 e. The first-order chi connectivity index (χ1) is 11.6. The predicted molar refractivity (Wildman–Crippen MR) is 87.7 cm³/mol. The van der Waals surface area contributed by atoms with Crippen LogP contribution in [0.1, 0.15) is 50.4 Å². The average Bonchev–Trinajstić information content (AvgIpc) is 3.20. The average molecular weight is 331 g/mol. The van der Waals surface area contributed by atoms with E-state index in [9.17, 15) is 14.3 Å². The third-order valence-corrected chi connectivity index (χ3v) is 5.36. The van der Waals surface area contributed by atoms with E-state index < -0.39 is 0 Å². The third-order valence-electron chi connectivity index (χ3n) is 5.36. The number of nitrogens with zero attached hydrogens (tertiary/aromatic N) is 2. The summed E-state index contributed by atoms with van der Waals surface area (Å²) in [5.74, 6) is 0.641. The van der Waals surface area contributed by atoms with E-state index in [0.717, 1.165) is 43.6 Å². The summed E-state index contributed by atoms with van der Waals surface area (Å²) in [6.07, 6.45) is 4.51. The molecule has 1 unspecified atom stereocenters. The minimum Gasteiger partial charge on any atom is -0.393 e. The number of aromatic amines is 1. The zero-order valence-electron chi connectivity index (χ0n) is 13.5. The van der Waals surface area contributed by atoms with Crippen molar-refractivity contribution in [1.29, 1.82) is 0 Å². The van der Waals surface area contributed by atoms with Crippen LogP contribution in [0.3, 0.4) is 0 Å². The summed E-state index contributed by atoms with van der Waals surface area (Å²) in [7, 11) is 0. The van der Waals surface area contributed by atoms with Gasteiger partial charge in [0.1, 0.15) is 11.6 Å². The molecule has 4 rings (SSSR count). The van der Waals surface area contributed by atoms with Gasteiger partial charge in [-0.25, -0.2) is 9.37 Å². The number of rotatable bonds is 2. The number of fused-ring (bicyclic) bond motifs is 1. The summed E-state index contributed by atoms with van der Waals surface area (Å²) in [6.45, 7) is 0.744. The summed E-state index contributed by atoms with van der Waals surface area (Å²) in [5.41, 5.74) is 1.40. The summed E-state index contributed by atoms with van der Waals surface area (Å²) in [6, 6.07) is 4.45. The van der Waals surface area contributed by atoms with Crippen LogP contribution in [0.5, 0.6) is 0 Å². The standard InChI is InChI=1S/C18H22FN3O2/c19-12-5-8-14-15(10-12)21-17(20-14)16-2-1-9-22(16)18(24)11-3-6-13(23)7-4-11/h5,8,10-11,13,16,23H,1-4,6-7,9H2,(H,20,21). The van der Waals surface area contributed by atoms with Crippen molar-refractivity contribution < 1.29 is 14.3 Å². The van der Waals surface area contributed by atoms with Gasteiger partial charge in [-0.3, -0.25) is 4.79 Å². The van der Waals surface area contributed by atoms with Crippen LogP contribution in [0.25, 0.3) is 11.0 Å². The van der Waals surface area contributed by atoms with Gasteiger partial charge < -0.3 is 15.0 Å². The maximum absolute atomic E-state index is 13.4. The molecule has 0 radical (unpaired) electrons. The predicted octanol–water partition coefficient (Wildman–Crippen LogP) is 2.92. The number of aromatic nitrogens is 2. The van der Waals surface area contributed by atoms with Crippen LogP contribution in [-0.4, -0.2) is 38.5 Å². The van der Waals surface area contributed by atoms with Crippen molar-refractivity contribution in [2.45, 2.75) is 50.7 Å². The molecule has 2 aromatic rings. The van der Waals surface area contributed by atoms with E-state index in [4.69, 9.17) is 0 Å². The second-order valence-electron chi connectivity index (χ2n) is 6.98. The maximum Gasteiger partial charge on any atom is 0.226 e. The number of carbonyl (C=O) groups is 1. The molecule has 1 aromatic carbocycles. The molecule has 2 fully saturated rings. The summed E-state index contributed by atoms with van der Waals surface area (Å²) < 4.78 is 13.4. The Morgan fingerprint density at radius 3 is 2.83 bits per heavy atom. The Balaban J connectivity index is 1.56. The molecule has 2 heterocycles. The van der Waals surface area contributed by atoms with E-state index in [-0.39, 0.29) is 29.8 Å². The second kappa shape index (κ2) is 6.16. The van der Waals surface area contributed by atoms with Gasteiger partial charge in [-0.15, -0.1) is 0 Å². The molecule has 1 aliphatic heterocycles. The molecule has 2 N–H and O–H groups in total. The molecule has 1 saturated heterocycles. The van der Waals surface area contributed by atoms with Gasteiger partial charge in [0.25, 0.3) is 0 Å². The number of aliphatic hydroxyl groups excluding tert-OH is 1. The van der Waals surface area contributed by atoms with E-state index in [1.54, 1.807) is 6.07 Å². The Bertz CT molecular complexity index is 752. The first kappa shape index (κ1) is 15.6. The number of nitrogens with one attached hydrogen (secondary N) is 1. The van der Waals surface area contributed by atoms with Crippen LogP contribution in [0.4, 0.5) is 4.39 Å². The van der Waals surface area contributed by atoms with Gasteiger partial charge in [0.05, 0.1) is 23.2 Å². The number of amides is 1. The van der Waals surface area contributed by atoms with Gasteiger partial charge in [0, 0.05) is 12.5 Å². The van der Waals surface area contributed by atoms with Crippen molar-refractivity contribution in [1.82, 2.24) is 14.9 Å². The summed E-state index contributed by atoms with van der Waals surface area (Å²) in [4.78, 5) is 22.6. The quantitative estimate of drug-likeness (QED) is 0.889. The molecule has 128 valence electrons. The zero-order valence-corrected chi connectivity index (χ0v) is 13.5. The monoisotopic (exact) mass is 331 g/mol. The summed E-state index contributed by atoms with van der Waals surface area (Å²) in [5, 5.41) is 9.64. The van der Waals surface area contributed by atoms with E-state index >= 15 is 0 Å². The normalized spacial score (nSPS) is 27.8. The second-order valence-corrected chi connectivity index (χ2v) is 6.98. The SMILES string of the molecule is O=C(C1CCC(O)CC1)N1CCCC1c1nc2ccc(F)cc2[nH]1. The van der Waals surface area contributed by atoms with Crippen LogP contribution in [0.2, 0.25) is 0 Å². The first-order valence-electron chi connectivity index (χ1n) is 8.75. The number of imidazole rings is 1. The molecule has 1 atom stereocenters.